The molecule has 1 aliphatic heterocycles. The second kappa shape index (κ2) is 12.4. The Balaban J connectivity index is 1.41. The zero-order valence-electron chi connectivity index (χ0n) is 20.7. The predicted octanol–water partition coefficient (Wildman–Crippen LogP) is 4.64. The lowest BCUT2D eigenvalue weighted by Gasteiger charge is -2.14. The number of carbonyl (C=O) groups excluding carboxylic acids is 2. The highest BCUT2D eigenvalue weighted by Gasteiger charge is 2.35. The van der Waals surface area contributed by atoms with Gasteiger partial charge in [0.05, 0.1) is 20.3 Å². The number of amides is 1. The van der Waals surface area contributed by atoms with E-state index in [9.17, 15) is 9.59 Å². The number of halogens is 1. The maximum absolute atomic E-state index is 13.5. The first-order valence-corrected chi connectivity index (χ1v) is 12.3. The summed E-state index contributed by atoms with van der Waals surface area (Å²) in [5.74, 6) is 1.20. The highest BCUT2D eigenvalue weighted by molar-refractivity contribution is 6.30. The molecule has 0 aliphatic carbocycles. The third kappa shape index (κ3) is 6.90. The number of nitrogens with one attached hydrogen (secondary N) is 2. The maximum Gasteiger partial charge on any atom is 0.237 e. The molecule has 37 heavy (non-hydrogen) atoms. The Kier molecular flexibility index (Phi) is 8.82. The van der Waals surface area contributed by atoms with Crippen LogP contribution in [0.1, 0.15) is 17.5 Å². The van der Waals surface area contributed by atoms with Crippen LogP contribution in [0.15, 0.2) is 78.6 Å². The Morgan fingerprint density at radius 2 is 1.73 bits per heavy atom. The first-order chi connectivity index (χ1) is 18.0. The van der Waals surface area contributed by atoms with E-state index in [1.54, 1.807) is 50.6 Å². The number of rotatable bonds is 10. The lowest BCUT2D eigenvalue weighted by atomic mass is 9.97. The summed E-state index contributed by atoms with van der Waals surface area (Å²) in [5, 5.41) is 6.69. The Morgan fingerprint density at radius 3 is 2.43 bits per heavy atom. The van der Waals surface area contributed by atoms with E-state index >= 15 is 0 Å². The van der Waals surface area contributed by atoms with Gasteiger partial charge in [-0.05, 0) is 60.0 Å². The van der Waals surface area contributed by atoms with Gasteiger partial charge in [0.25, 0.3) is 0 Å². The van der Waals surface area contributed by atoms with Gasteiger partial charge in [0.1, 0.15) is 5.75 Å². The smallest absolute Gasteiger partial charge is 0.237 e. The van der Waals surface area contributed by atoms with Crippen LogP contribution >= 0.6 is 11.6 Å². The normalized spacial score (nSPS) is 17.2. The summed E-state index contributed by atoms with van der Waals surface area (Å²) in [7, 11) is 3.14. The number of ketones is 1. The quantitative estimate of drug-likeness (QED) is 0.299. The predicted molar refractivity (Wildman–Crippen MR) is 143 cm³/mol. The van der Waals surface area contributed by atoms with E-state index in [-0.39, 0.29) is 17.4 Å². The number of ether oxygens (including phenoxy) is 3. The van der Waals surface area contributed by atoms with Crippen LogP contribution in [0, 0.1) is 5.92 Å². The second-order valence-corrected chi connectivity index (χ2v) is 9.08. The molecule has 8 heteroatoms. The molecule has 192 valence electrons. The molecule has 2 atom stereocenters. The van der Waals surface area contributed by atoms with Crippen molar-refractivity contribution < 1.29 is 23.8 Å². The van der Waals surface area contributed by atoms with Gasteiger partial charge in [0.15, 0.2) is 17.3 Å². The third-order valence-electron chi connectivity index (χ3n) is 6.11. The van der Waals surface area contributed by atoms with Crippen molar-refractivity contribution in [2.45, 2.75) is 19.0 Å². The summed E-state index contributed by atoms with van der Waals surface area (Å²) in [6.07, 6.45) is 2.09. The lowest BCUT2D eigenvalue weighted by Crippen LogP contribution is -2.40. The highest BCUT2D eigenvalue weighted by atomic mass is 35.5. The van der Waals surface area contributed by atoms with Crippen molar-refractivity contribution in [2.24, 2.45) is 5.92 Å². The molecule has 0 radical (unpaired) electrons. The molecule has 3 aromatic rings. The second-order valence-electron chi connectivity index (χ2n) is 8.64. The number of hydrogen-bond donors (Lipinski definition) is 2. The molecular weight excluding hydrogens is 492 g/mol. The van der Waals surface area contributed by atoms with Crippen molar-refractivity contribution in [3.8, 4) is 17.2 Å². The molecule has 1 unspecified atom stereocenters. The molecule has 2 N–H and O–H groups in total. The first-order valence-electron chi connectivity index (χ1n) is 11.9. The summed E-state index contributed by atoms with van der Waals surface area (Å²) in [6.45, 7) is 0.707. The molecule has 0 bridgehead atoms. The number of benzene rings is 3. The first kappa shape index (κ1) is 26.3. The number of Topliss-reactive ketones (excluding diaryl/α,β-unsaturated/α-hetero) is 1. The van der Waals surface area contributed by atoms with E-state index in [2.05, 4.69) is 10.6 Å². The number of methoxy groups -OCH3 is 2. The van der Waals surface area contributed by atoms with Crippen molar-refractivity contribution in [2.75, 3.05) is 20.8 Å². The molecule has 0 saturated carbocycles. The van der Waals surface area contributed by atoms with E-state index in [4.69, 9.17) is 25.8 Å². The van der Waals surface area contributed by atoms with Crippen LogP contribution < -0.4 is 24.8 Å². The highest BCUT2D eigenvalue weighted by Crippen LogP contribution is 2.28. The van der Waals surface area contributed by atoms with Crippen LogP contribution in [0.2, 0.25) is 5.02 Å². The molecule has 7 nitrogen and oxygen atoms in total. The molecule has 1 amide bonds. The van der Waals surface area contributed by atoms with E-state index in [0.717, 1.165) is 11.1 Å². The van der Waals surface area contributed by atoms with Gasteiger partial charge in [-0.1, -0.05) is 48.0 Å². The Hall–Kier alpha value is -3.81. The summed E-state index contributed by atoms with van der Waals surface area (Å²) in [6, 6.07) is 21.3. The molecular formula is C29H29ClN2O5. The van der Waals surface area contributed by atoms with E-state index in [0.29, 0.717) is 41.8 Å². The van der Waals surface area contributed by atoms with Crippen LogP contribution in [0.5, 0.6) is 17.2 Å². The van der Waals surface area contributed by atoms with Crippen molar-refractivity contribution in [3.05, 3.63) is 94.7 Å². The van der Waals surface area contributed by atoms with Crippen molar-refractivity contribution in [3.63, 3.8) is 0 Å². The van der Waals surface area contributed by atoms with E-state index < -0.39 is 12.0 Å². The van der Waals surface area contributed by atoms with E-state index in [1.165, 1.54) is 0 Å². The molecule has 1 saturated heterocycles. The fraction of sp³-hybridized carbons (Fsp3) is 0.241. The molecule has 3 aromatic carbocycles. The molecule has 1 fully saturated rings. The molecule has 0 aromatic heterocycles. The summed E-state index contributed by atoms with van der Waals surface area (Å²) in [4.78, 5) is 26.3. The number of carbonyl (C=O) groups is 2. The van der Waals surface area contributed by atoms with Gasteiger partial charge in [-0.25, -0.2) is 0 Å². The maximum atomic E-state index is 13.5. The summed E-state index contributed by atoms with van der Waals surface area (Å²) >= 11 is 5.99. The third-order valence-corrected chi connectivity index (χ3v) is 6.37. The van der Waals surface area contributed by atoms with Crippen LogP contribution in [0.3, 0.4) is 0 Å². The Labute approximate surface area is 221 Å². The number of hydrogen-bond acceptors (Lipinski definition) is 6. The van der Waals surface area contributed by atoms with Crippen molar-refractivity contribution in [1.29, 1.82) is 0 Å². The Morgan fingerprint density at radius 1 is 1.00 bits per heavy atom. The zero-order valence-corrected chi connectivity index (χ0v) is 21.5. The van der Waals surface area contributed by atoms with Crippen LogP contribution in [0.4, 0.5) is 0 Å². The van der Waals surface area contributed by atoms with Gasteiger partial charge in [-0.15, -0.1) is 0 Å². The van der Waals surface area contributed by atoms with Crippen LogP contribution in [-0.4, -0.2) is 38.5 Å². The van der Waals surface area contributed by atoms with Gasteiger partial charge >= 0.3 is 0 Å². The van der Waals surface area contributed by atoms with E-state index in [1.807, 2.05) is 42.5 Å². The lowest BCUT2D eigenvalue weighted by molar-refractivity contribution is -0.123. The van der Waals surface area contributed by atoms with Gasteiger partial charge in [0.2, 0.25) is 11.7 Å². The molecule has 1 heterocycles. The summed E-state index contributed by atoms with van der Waals surface area (Å²) in [5.41, 5.74) is 1.72. The Bertz CT molecular complexity index is 1260. The fourth-order valence-electron chi connectivity index (χ4n) is 4.12. The molecule has 1 aliphatic rings. The van der Waals surface area contributed by atoms with Crippen molar-refractivity contribution >= 4 is 29.4 Å². The van der Waals surface area contributed by atoms with Crippen molar-refractivity contribution in [1.82, 2.24) is 10.6 Å². The minimum atomic E-state index is -0.484. The zero-order chi connectivity index (χ0) is 26.2. The van der Waals surface area contributed by atoms with Gasteiger partial charge in [-0.2, -0.15) is 0 Å². The summed E-state index contributed by atoms with van der Waals surface area (Å²) < 4.78 is 16.6. The standard InChI is InChI=1S/C29H29ClN2O5/c1-35-25-13-8-20(15-26(25)36-2)17-32-29(34)24-16-21(18-31-24)28(33)27(14-19-6-4-3-5-7-19)37-23-11-9-22(30)10-12-23/h3-15,21,24,31H,16-18H2,1-2H3,(H,32,34)/b27-14+/t21?,24-/m0/s1. The molecule has 0 spiro atoms. The minimum Gasteiger partial charge on any atom is -0.493 e. The average molecular weight is 521 g/mol. The van der Waals surface area contributed by atoms with Gasteiger partial charge in [0, 0.05) is 24.0 Å². The monoisotopic (exact) mass is 520 g/mol. The minimum absolute atomic E-state index is 0.165. The fourth-order valence-corrected chi connectivity index (χ4v) is 4.25. The van der Waals surface area contributed by atoms with Crippen LogP contribution in [-0.2, 0) is 16.1 Å². The van der Waals surface area contributed by atoms with Gasteiger partial charge < -0.3 is 24.8 Å². The largest absolute Gasteiger partial charge is 0.493 e. The average Bonchev–Trinajstić information content (AvgIpc) is 3.43. The van der Waals surface area contributed by atoms with Gasteiger partial charge in [-0.3, -0.25) is 9.59 Å². The topological polar surface area (TPSA) is 85.9 Å². The van der Waals surface area contributed by atoms with Crippen LogP contribution in [0.25, 0.3) is 6.08 Å². The number of allylic oxidation sites excluding steroid dienone is 1. The molecule has 4 rings (SSSR count). The SMILES string of the molecule is COc1ccc(CNC(=O)[C@@H]2CC(C(=O)/C(=C\c3ccccc3)Oc3ccc(Cl)cc3)CN2)cc1OC.